The van der Waals surface area contributed by atoms with Crippen molar-refractivity contribution in [3.63, 3.8) is 0 Å². The zero-order chi connectivity index (χ0) is 21.6. The lowest BCUT2D eigenvalue weighted by Crippen LogP contribution is -2.13. The monoisotopic (exact) mass is 435 g/mol. The molecule has 0 aliphatic carbocycles. The number of nitrogens with zero attached hydrogens (tertiary/aromatic N) is 2. The number of ether oxygens (including phenoxy) is 1. The highest BCUT2D eigenvalue weighted by atomic mass is 35.5. The number of aromatic nitrogens is 2. The van der Waals surface area contributed by atoms with Crippen LogP contribution in [0.2, 0.25) is 5.02 Å². The van der Waals surface area contributed by atoms with Crippen LogP contribution in [0, 0.1) is 5.82 Å². The van der Waals surface area contributed by atoms with Crippen molar-refractivity contribution in [1.82, 2.24) is 9.78 Å². The summed E-state index contributed by atoms with van der Waals surface area (Å²) in [7, 11) is 0. The normalized spacial score (nSPS) is 10.6. The first-order valence-corrected chi connectivity index (χ1v) is 10.0. The number of carbonyl (C=O) groups excluding carboxylic acids is 1. The van der Waals surface area contributed by atoms with Crippen molar-refractivity contribution in [3.8, 4) is 5.75 Å². The molecule has 156 valence electrons. The average Bonchev–Trinajstić information content (AvgIpc) is 3.20. The van der Waals surface area contributed by atoms with Crippen LogP contribution in [0.25, 0.3) is 0 Å². The summed E-state index contributed by atoms with van der Waals surface area (Å²) in [6.45, 7) is 0.690. The molecule has 0 aliphatic rings. The number of hydrogen-bond acceptors (Lipinski definition) is 3. The van der Waals surface area contributed by atoms with Gasteiger partial charge in [-0.3, -0.25) is 9.48 Å². The van der Waals surface area contributed by atoms with Gasteiger partial charge >= 0.3 is 0 Å². The van der Waals surface area contributed by atoms with Gasteiger partial charge in [0.15, 0.2) is 5.82 Å². The Hall–Kier alpha value is -3.64. The summed E-state index contributed by atoms with van der Waals surface area (Å²) in [5.74, 6) is 0.425. The first kappa shape index (κ1) is 20.6. The van der Waals surface area contributed by atoms with Crippen LogP contribution in [-0.2, 0) is 13.2 Å². The van der Waals surface area contributed by atoms with E-state index >= 15 is 0 Å². The second kappa shape index (κ2) is 9.45. The Bertz CT molecular complexity index is 1210. The van der Waals surface area contributed by atoms with Crippen molar-refractivity contribution >= 4 is 23.3 Å². The lowest BCUT2D eigenvalue weighted by atomic mass is 10.1. The van der Waals surface area contributed by atoms with Crippen LogP contribution >= 0.6 is 11.6 Å². The third-order valence-corrected chi connectivity index (χ3v) is 4.85. The van der Waals surface area contributed by atoms with Crippen LogP contribution in [0.15, 0.2) is 85.1 Å². The van der Waals surface area contributed by atoms with Crippen molar-refractivity contribution in [2.24, 2.45) is 0 Å². The molecule has 1 heterocycles. The molecule has 4 aromatic rings. The molecule has 3 aromatic carbocycles. The molecular formula is C24H19ClFN3O2. The highest BCUT2D eigenvalue weighted by Crippen LogP contribution is 2.24. The number of benzene rings is 3. The lowest BCUT2D eigenvalue weighted by Gasteiger charge is -2.09. The van der Waals surface area contributed by atoms with Crippen LogP contribution in [-0.4, -0.2) is 15.7 Å². The van der Waals surface area contributed by atoms with Gasteiger partial charge in [-0.2, -0.15) is 5.10 Å². The van der Waals surface area contributed by atoms with Gasteiger partial charge in [-0.1, -0.05) is 48.0 Å². The molecule has 0 aliphatic heterocycles. The summed E-state index contributed by atoms with van der Waals surface area (Å²) in [5.41, 5.74) is 2.11. The minimum atomic E-state index is -0.295. The van der Waals surface area contributed by atoms with Crippen LogP contribution < -0.4 is 10.1 Å². The summed E-state index contributed by atoms with van der Waals surface area (Å²) < 4.78 is 20.7. The molecule has 0 unspecified atom stereocenters. The van der Waals surface area contributed by atoms with E-state index in [1.807, 2.05) is 24.3 Å². The fraction of sp³-hybridized carbons (Fsp3) is 0.0833. The molecule has 0 bridgehead atoms. The minimum absolute atomic E-state index is 0.282. The number of hydrogen-bond donors (Lipinski definition) is 1. The van der Waals surface area contributed by atoms with E-state index in [4.69, 9.17) is 16.3 Å². The van der Waals surface area contributed by atoms with Gasteiger partial charge in [0, 0.05) is 17.8 Å². The molecule has 5 nitrogen and oxygen atoms in total. The largest absolute Gasteiger partial charge is 0.487 e. The molecule has 1 N–H and O–H groups in total. The van der Waals surface area contributed by atoms with Crippen LogP contribution in [0.3, 0.4) is 0 Å². The number of para-hydroxylation sites is 1. The van der Waals surface area contributed by atoms with E-state index in [0.29, 0.717) is 28.7 Å². The van der Waals surface area contributed by atoms with Gasteiger partial charge in [-0.25, -0.2) is 4.39 Å². The number of nitrogens with one attached hydrogen (secondary N) is 1. The predicted octanol–water partition coefficient (Wildman–Crippen LogP) is 5.56. The molecule has 0 saturated heterocycles. The minimum Gasteiger partial charge on any atom is -0.487 e. The molecule has 0 atom stereocenters. The topological polar surface area (TPSA) is 56.2 Å². The Kier molecular flexibility index (Phi) is 6.29. The van der Waals surface area contributed by atoms with Gasteiger partial charge in [-0.15, -0.1) is 0 Å². The lowest BCUT2D eigenvalue weighted by molar-refractivity contribution is 0.102. The Labute approximate surface area is 184 Å². The Balaban J connectivity index is 1.38. The van der Waals surface area contributed by atoms with Gasteiger partial charge in [-0.05, 0) is 47.5 Å². The van der Waals surface area contributed by atoms with E-state index < -0.39 is 0 Å². The van der Waals surface area contributed by atoms with E-state index in [2.05, 4.69) is 10.4 Å². The SMILES string of the molecule is O=C(Nc1ccn(Cc2cccc(F)c2)n1)c1cccc(COc2ccccc2Cl)c1. The quantitative estimate of drug-likeness (QED) is 0.413. The Morgan fingerprint density at radius 3 is 2.65 bits per heavy atom. The standard InChI is InChI=1S/C24H19ClFN3O2/c25-21-9-1-2-10-22(21)31-16-18-6-3-7-19(13-18)24(30)27-23-11-12-29(28-23)15-17-5-4-8-20(26)14-17/h1-14H,15-16H2,(H,27,28,30). The van der Waals surface area contributed by atoms with Gasteiger partial charge in [0.1, 0.15) is 18.2 Å². The highest BCUT2D eigenvalue weighted by molar-refractivity contribution is 6.32. The fourth-order valence-corrected chi connectivity index (χ4v) is 3.24. The second-order valence-electron chi connectivity index (χ2n) is 6.90. The maximum atomic E-state index is 13.3. The summed E-state index contributed by atoms with van der Waals surface area (Å²) in [6, 6.07) is 22.4. The number of anilines is 1. The van der Waals surface area contributed by atoms with Gasteiger partial charge in [0.05, 0.1) is 11.6 Å². The number of rotatable bonds is 7. The van der Waals surface area contributed by atoms with E-state index in [1.165, 1.54) is 12.1 Å². The summed E-state index contributed by atoms with van der Waals surface area (Å²) in [6.07, 6.45) is 1.73. The summed E-state index contributed by atoms with van der Waals surface area (Å²) in [5, 5.41) is 7.64. The number of carbonyl (C=O) groups is 1. The maximum absolute atomic E-state index is 13.3. The zero-order valence-electron chi connectivity index (χ0n) is 16.5. The van der Waals surface area contributed by atoms with E-state index in [0.717, 1.165) is 11.1 Å². The average molecular weight is 436 g/mol. The molecule has 0 spiro atoms. The predicted molar refractivity (Wildman–Crippen MR) is 118 cm³/mol. The highest BCUT2D eigenvalue weighted by Gasteiger charge is 2.10. The molecule has 0 fully saturated rings. The van der Waals surface area contributed by atoms with Gasteiger partial charge in [0.25, 0.3) is 5.91 Å². The fourth-order valence-electron chi connectivity index (χ4n) is 3.05. The maximum Gasteiger partial charge on any atom is 0.256 e. The third-order valence-electron chi connectivity index (χ3n) is 4.54. The Morgan fingerprint density at radius 2 is 1.81 bits per heavy atom. The van der Waals surface area contributed by atoms with Crippen molar-refractivity contribution in [3.05, 3.63) is 113 Å². The smallest absolute Gasteiger partial charge is 0.256 e. The van der Waals surface area contributed by atoms with Crippen LogP contribution in [0.1, 0.15) is 21.5 Å². The van der Waals surface area contributed by atoms with E-state index in [9.17, 15) is 9.18 Å². The van der Waals surface area contributed by atoms with Crippen molar-refractivity contribution in [2.75, 3.05) is 5.32 Å². The zero-order valence-corrected chi connectivity index (χ0v) is 17.2. The molecule has 0 radical (unpaired) electrons. The Morgan fingerprint density at radius 1 is 1.00 bits per heavy atom. The molecule has 0 saturated carbocycles. The van der Waals surface area contributed by atoms with Crippen LogP contribution in [0.4, 0.5) is 10.2 Å². The molecule has 1 amide bonds. The number of amides is 1. The molecular weight excluding hydrogens is 417 g/mol. The van der Waals surface area contributed by atoms with E-state index in [1.54, 1.807) is 53.3 Å². The van der Waals surface area contributed by atoms with Crippen molar-refractivity contribution in [2.45, 2.75) is 13.2 Å². The molecule has 4 rings (SSSR count). The van der Waals surface area contributed by atoms with Gasteiger partial charge < -0.3 is 10.1 Å². The summed E-state index contributed by atoms with van der Waals surface area (Å²) >= 11 is 6.11. The van der Waals surface area contributed by atoms with Gasteiger partial charge in [0.2, 0.25) is 0 Å². The third kappa shape index (κ3) is 5.49. The molecule has 1 aromatic heterocycles. The van der Waals surface area contributed by atoms with E-state index in [-0.39, 0.29) is 18.3 Å². The first-order valence-electron chi connectivity index (χ1n) is 9.62. The molecule has 7 heteroatoms. The molecule has 31 heavy (non-hydrogen) atoms. The van der Waals surface area contributed by atoms with Crippen LogP contribution in [0.5, 0.6) is 5.75 Å². The number of halogens is 2. The van der Waals surface area contributed by atoms with Crippen molar-refractivity contribution < 1.29 is 13.9 Å². The van der Waals surface area contributed by atoms with Crippen molar-refractivity contribution in [1.29, 1.82) is 0 Å². The second-order valence-corrected chi connectivity index (χ2v) is 7.31. The first-order chi connectivity index (χ1) is 15.1. The summed E-state index contributed by atoms with van der Waals surface area (Å²) in [4.78, 5) is 12.6.